The van der Waals surface area contributed by atoms with E-state index in [-0.39, 0.29) is 5.92 Å². The second-order valence-corrected chi connectivity index (χ2v) is 9.35. The third-order valence-corrected chi connectivity index (χ3v) is 7.40. The molecular formula is C21H26N4O4S. The van der Waals surface area contributed by atoms with E-state index in [1.807, 2.05) is 12.1 Å². The summed E-state index contributed by atoms with van der Waals surface area (Å²) < 4.78 is 40.1. The van der Waals surface area contributed by atoms with E-state index >= 15 is 0 Å². The van der Waals surface area contributed by atoms with Gasteiger partial charge in [0.1, 0.15) is 17.1 Å². The van der Waals surface area contributed by atoms with Gasteiger partial charge in [-0.15, -0.1) is 0 Å². The van der Waals surface area contributed by atoms with Gasteiger partial charge in [0.25, 0.3) is 0 Å². The summed E-state index contributed by atoms with van der Waals surface area (Å²) in [4.78, 5) is 9.51. The van der Waals surface area contributed by atoms with E-state index in [4.69, 9.17) is 14.5 Å². The number of methoxy groups -OCH3 is 2. The quantitative estimate of drug-likeness (QED) is 0.545. The zero-order valence-corrected chi connectivity index (χ0v) is 18.0. The molecule has 4 rings (SSSR count). The van der Waals surface area contributed by atoms with Crippen LogP contribution in [0.3, 0.4) is 0 Å². The van der Waals surface area contributed by atoms with E-state index in [0.717, 1.165) is 23.4 Å². The Balaban J connectivity index is 1.51. The predicted octanol–water partition coefficient (Wildman–Crippen LogP) is 2.34. The van der Waals surface area contributed by atoms with Crippen molar-refractivity contribution in [3.8, 4) is 5.75 Å². The lowest BCUT2D eigenvalue weighted by atomic mass is 10.0. The number of fused-ring (bicyclic) bond motifs is 1. The van der Waals surface area contributed by atoms with Crippen LogP contribution in [-0.2, 0) is 27.7 Å². The van der Waals surface area contributed by atoms with Crippen LogP contribution in [0.4, 0.5) is 0 Å². The minimum atomic E-state index is -3.52. The van der Waals surface area contributed by atoms with E-state index < -0.39 is 10.0 Å². The first-order valence-electron chi connectivity index (χ1n) is 9.96. The SMILES string of the molecule is COCCn1c(C[C@H]2CCN(S(=O)(=O)c3ccc(OC)cc3)C2)nc2cccnc21. The molecule has 1 atom stereocenters. The van der Waals surface area contributed by atoms with Crippen LogP contribution in [0, 0.1) is 5.92 Å². The predicted molar refractivity (Wildman–Crippen MR) is 113 cm³/mol. The maximum atomic E-state index is 13.0. The third kappa shape index (κ3) is 4.05. The Morgan fingerprint density at radius 1 is 1.17 bits per heavy atom. The van der Waals surface area contributed by atoms with Gasteiger partial charge in [-0.3, -0.25) is 0 Å². The number of benzene rings is 1. The van der Waals surface area contributed by atoms with Crippen LogP contribution in [0.5, 0.6) is 5.75 Å². The molecule has 1 fully saturated rings. The van der Waals surface area contributed by atoms with E-state index in [9.17, 15) is 8.42 Å². The lowest BCUT2D eigenvalue weighted by Gasteiger charge is -2.17. The Morgan fingerprint density at radius 2 is 1.97 bits per heavy atom. The summed E-state index contributed by atoms with van der Waals surface area (Å²) in [5, 5.41) is 0. The number of pyridine rings is 1. The van der Waals surface area contributed by atoms with Crippen molar-refractivity contribution in [1.29, 1.82) is 0 Å². The minimum absolute atomic E-state index is 0.205. The summed E-state index contributed by atoms with van der Waals surface area (Å²) in [6.07, 6.45) is 3.26. The number of ether oxygens (including phenoxy) is 2. The standard InChI is InChI=1S/C21H26N4O4S/c1-28-13-12-25-20(23-19-4-3-10-22-21(19)25)14-16-9-11-24(15-16)30(26,27)18-7-5-17(29-2)6-8-18/h3-8,10,16H,9,11-15H2,1-2H3/t16-/m1/s1. The molecule has 8 nitrogen and oxygen atoms in total. The van der Waals surface area contributed by atoms with Gasteiger partial charge in [-0.25, -0.2) is 18.4 Å². The summed E-state index contributed by atoms with van der Waals surface area (Å²) in [6.45, 7) is 2.22. The molecule has 30 heavy (non-hydrogen) atoms. The van der Waals surface area contributed by atoms with Crippen molar-refractivity contribution in [3.63, 3.8) is 0 Å². The molecule has 0 saturated carbocycles. The summed E-state index contributed by atoms with van der Waals surface area (Å²) in [5.41, 5.74) is 1.69. The highest BCUT2D eigenvalue weighted by atomic mass is 32.2. The monoisotopic (exact) mass is 430 g/mol. The van der Waals surface area contributed by atoms with Crippen molar-refractivity contribution < 1.29 is 17.9 Å². The molecule has 1 aliphatic rings. The first-order valence-corrected chi connectivity index (χ1v) is 11.4. The minimum Gasteiger partial charge on any atom is -0.497 e. The van der Waals surface area contributed by atoms with Gasteiger partial charge in [-0.2, -0.15) is 4.31 Å². The molecule has 0 amide bonds. The van der Waals surface area contributed by atoms with Crippen LogP contribution < -0.4 is 4.74 Å². The Hall–Kier alpha value is -2.49. The van der Waals surface area contributed by atoms with Crippen LogP contribution >= 0.6 is 0 Å². The highest BCUT2D eigenvalue weighted by Gasteiger charge is 2.33. The number of imidazole rings is 1. The van der Waals surface area contributed by atoms with E-state index in [1.54, 1.807) is 49.0 Å². The maximum Gasteiger partial charge on any atom is 0.243 e. The fourth-order valence-electron chi connectivity index (χ4n) is 3.92. The Labute approximate surface area is 176 Å². The van der Waals surface area contributed by atoms with Crippen LogP contribution in [0.25, 0.3) is 11.2 Å². The van der Waals surface area contributed by atoms with Crippen LogP contribution in [0.15, 0.2) is 47.5 Å². The van der Waals surface area contributed by atoms with Crippen molar-refractivity contribution in [3.05, 3.63) is 48.4 Å². The molecule has 2 aromatic heterocycles. The molecule has 3 aromatic rings. The normalized spacial score (nSPS) is 17.6. The van der Waals surface area contributed by atoms with Gasteiger partial charge in [0.05, 0.1) is 18.6 Å². The Bertz CT molecular complexity index is 1110. The van der Waals surface area contributed by atoms with Gasteiger partial charge in [-0.05, 0) is 48.7 Å². The van der Waals surface area contributed by atoms with Crippen molar-refractivity contribution in [1.82, 2.24) is 18.8 Å². The van der Waals surface area contributed by atoms with Crippen LogP contribution in [0.1, 0.15) is 12.2 Å². The van der Waals surface area contributed by atoms with E-state index in [2.05, 4.69) is 9.55 Å². The van der Waals surface area contributed by atoms with Gasteiger partial charge in [0.15, 0.2) is 5.65 Å². The molecule has 9 heteroatoms. The lowest BCUT2D eigenvalue weighted by Crippen LogP contribution is -2.29. The molecule has 1 saturated heterocycles. The average Bonchev–Trinajstić information content (AvgIpc) is 3.37. The molecule has 3 heterocycles. The van der Waals surface area contributed by atoms with Gasteiger partial charge in [-0.1, -0.05) is 0 Å². The van der Waals surface area contributed by atoms with Crippen molar-refractivity contribution in [2.24, 2.45) is 5.92 Å². The second-order valence-electron chi connectivity index (χ2n) is 7.42. The summed E-state index contributed by atoms with van der Waals surface area (Å²) >= 11 is 0. The molecule has 0 aliphatic carbocycles. The first-order chi connectivity index (χ1) is 14.5. The number of nitrogens with zero attached hydrogens (tertiary/aromatic N) is 4. The fraction of sp³-hybridized carbons (Fsp3) is 0.429. The Kier molecular flexibility index (Phi) is 6.03. The molecule has 0 bridgehead atoms. The fourth-order valence-corrected chi connectivity index (χ4v) is 5.45. The molecule has 0 spiro atoms. The van der Waals surface area contributed by atoms with Crippen molar-refractivity contribution >= 4 is 21.2 Å². The number of hydrogen-bond donors (Lipinski definition) is 0. The van der Waals surface area contributed by atoms with Crippen LogP contribution in [-0.4, -0.2) is 61.2 Å². The second kappa shape index (κ2) is 8.71. The molecule has 1 aromatic carbocycles. The molecule has 0 unspecified atom stereocenters. The third-order valence-electron chi connectivity index (χ3n) is 5.52. The topological polar surface area (TPSA) is 86.5 Å². The van der Waals surface area contributed by atoms with Gasteiger partial charge in [0, 0.05) is 39.4 Å². The number of rotatable bonds is 8. The first kappa shape index (κ1) is 20.8. The van der Waals surface area contributed by atoms with E-state index in [0.29, 0.717) is 43.3 Å². The number of hydrogen-bond acceptors (Lipinski definition) is 6. The summed E-state index contributed by atoms with van der Waals surface area (Å²) in [5.74, 6) is 1.77. The largest absolute Gasteiger partial charge is 0.497 e. The van der Waals surface area contributed by atoms with Gasteiger partial charge in [0.2, 0.25) is 10.0 Å². The maximum absolute atomic E-state index is 13.0. The molecular weight excluding hydrogens is 404 g/mol. The Morgan fingerprint density at radius 3 is 2.70 bits per heavy atom. The van der Waals surface area contributed by atoms with Crippen molar-refractivity contribution in [2.45, 2.75) is 24.3 Å². The smallest absolute Gasteiger partial charge is 0.243 e. The molecule has 0 N–H and O–H groups in total. The number of sulfonamides is 1. The highest BCUT2D eigenvalue weighted by Crippen LogP contribution is 2.28. The van der Waals surface area contributed by atoms with Crippen molar-refractivity contribution in [2.75, 3.05) is 33.9 Å². The van der Waals surface area contributed by atoms with E-state index in [1.165, 1.54) is 0 Å². The van der Waals surface area contributed by atoms with Crippen LogP contribution in [0.2, 0.25) is 0 Å². The summed E-state index contributed by atoms with van der Waals surface area (Å²) in [6, 6.07) is 10.4. The molecule has 1 aliphatic heterocycles. The summed E-state index contributed by atoms with van der Waals surface area (Å²) in [7, 11) is -0.288. The van der Waals surface area contributed by atoms with Gasteiger partial charge >= 0.3 is 0 Å². The van der Waals surface area contributed by atoms with Gasteiger partial charge < -0.3 is 14.0 Å². The highest BCUT2D eigenvalue weighted by molar-refractivity contribution is 7.89. The lowest BCUT2D eigenvalue weighted by molar-refractivity contribution is 0.187. The zero-order chi connectivity index (χ0) is 21.1. The average molecular weight is 431 g/mol. The zero-order valence-electron chi connectivity index (χ0n) is 17.2. The molecule has 0 radical (unpaired) electrons. The number of aromatic nitrogens is 3. The molecule has 160 valence electrons.